The highest BCUT2D eigenvalue weighted by atomic mass is 32.1. The zero-order chi connectivity index (χ0) is 14.8. The molecule has 1 atom stereocenters. The highest BCUT2D eigenvalue weighted by Gasteiger charge is 2.16. The van der Waals surface area contributed by atoms with Crippen molar-refractivity contribution < 1.29 is 5.11 Å². The second kappa shape index (κ2) is 6.90. The third-order valence-electron chi connectivity index (χ3n) is 3.05. The highest BCUT2D eigenvalue weighted by Crippen LogP contribution is 2.23. The Morgan fingerprint density at radius 1 is 1.29 bits per heavy atom. The number of fused-ring (bicyclic) bond motifs is 1. The Labute approximate surface area is 132 Å². The Bertz CT molecular complexity index is 659. The number of nitriles is 1. The fourth-order valence-electron chi connectivity index (χ4n) is 2.01. The van der Waals surface area contributed by atoms with Crippen molar-refractivity contribution in [3.8, 4) is 6.07 Å². The average molecular weight is 303 g/mol. The van der Waals surface area contributed by atoms with Crippen LogP contribution < -0.4 is 5.32 Å². The number of benzene rings is 1. The van der Waals surface area contributed by atoms with Crippen molar-refractivity contribution in [1.82, 2.24) is 10.3 Å². The van der Waals surface area contributed by atoms with Crippen LogP contribution in [0.4, 0.5) is 0 Å². The van der Waals surface area contributed by atoms with Crippen molar-refractivity contribution in [2.24, 2.45) is 0 Å². The minimum atomic E-state index is -0.653. The molecule has 0 saturated heterocycles. The maximum Gasteiger partial charge on any atom is 0.141 e. The molecule has 0 unspecified atom stereocenters. The van der Waals surface area contributed by atoms with Gasteiger partial charge in [0.2, 0.25) is 0 Å². The van der Waals surface area contributed by atoms with Gasteiger partial charge in [-0.1, -0.05) is 18.2 Å². The normalized spacial score (nSPS) is 12.5. The number of β-amino-alcohol motifs (C(OH)–C–C–N with tert-alkyl or cyclic N) is 1. The number of aromatic nitrogens is 1. The van der Waals surface area contributed by atoms with Crippen LogP contribution in [-0.4, -0.2) is 22.2 Å². The van der Waals surface area contributed by atoms with Crippen molar-refractivity contribution in [3.63, 3.8) is 0 Å². The molecule has 1 aromatic carbocycles. The van der Waals surface area contributed by atoms with Crippen LogP contribution in [0.15, 0.2) is 30.3 Å². The summed E-state index contributed by atoms with van der Waals surface area (Å²) in [5, 5.41) is 23.5. The monoisotopic (exact) mass is 303 g/mol. The molecule has 5 heteroatoms. The van der Waals surface area contributed by atoms with Crippen LogP contribution in [0, 0.1) is 11.3 Å². The van der Waals surface area contributed by atoms with Crippen molar-refractivity contribution in [1.29, 1.82) is 5.26 Å². The lowest BCUT2D eigenvalue weighted by Crippen LogP contribution is -2.38. The maximum atomic E-state index is 10.4. The molecule has 0 bridgehead atoms. The van der Waals surface area contributed by atoms with E-state index in [2.05, 4.69) is 31.1 Å². The zero-order valence-electron chi connectivity index (χ0n) is 12.5. The summed E-state index contributed by atoms with van der Waals surface area (Å²) >= 11 is 0. The van der Waals surface area contributed by atoms with E-state index in [0.29, 0.717) is 17.8 Å². The lowest BCUT2D eigenvalue weighted by Gasteiger charge is -2.23. The molecule has 0 aliphatic rings. The maximum absolute atomic E-state index is 10.4. The molecule has 2 rings (SSSR count). The van der Waals surface area contributed by atoms with Crippen molar-refractivity contribution in [2.75, 3.05) is 6.54 Å². The smallest absolute Gasteiger partial charge is 0.141 e. The average Bonchev–Trinajstić information content (AvgIpc) is 2.42. The number of aliphatic hydroxyl groups excluding tert-OH is 1. The van der Waals surface area contributed by atoms with Gasteiger partial charge in [0.05, 0.1) is 11.6 Å². The Balaban J connectivity index is 0.00000220. The van der Waals surface area contributed by atoms with Gasteiger partial charge < -0.3 is 10.4 Å². The van der Waals surface area contributed by atoms with E-state index in [1.54, 1.807) is 6.07 Å². The van der Waals surface area contributed by atoms with Crippen LogP contribution >= 0.6 is 13.5 Å². The van der Waals surface area contributed by atoms with Crippen LogP contribution in [0.3, 0.4) is 0 Å². The summed E-state index contributed by atoms with van der Waals surface area (Å²) in [6.07, 6.45) is -0.653. The molecule has 0 aliphatic heterocycles. The van der Waals surface area contributed by atoms with E-state index in [4.69, 9.17) is 5.26 Å². The van der Waals surface area contributed by atoms with E-state index in [-0.39, 0.29) is 19.0 Å². The van der Waals surface area contributed by atoms with Crippen molar-refractivity contribution in [3.05, 3.63) is 41.6 Å². The SMILES string of the molecule is CC(C)(C)NC[C@@H](O)c1cccc2ccc(C#N)nc12.S. The van der Waals surface area contributed by atoms with Crippen LogP contribution in [0.2, 0.25) is 0 Å². The number of nitrogens with one attached hydrogen (secondary N) is 1. The Kier molecular flexibility index (Phi) is 5.73. The molecular weight excluding hydrogens is 282 g/mol. The van der Waals surface area contributed by atoms with Crippen LogP contribution in [0.1, 0.15) is 38.1 Å². The molecule has 4 nitrogen and oxygen atoms in total. The predicted molar refractivity (Wildman–Crippen MR) is 89.6 cm³/mol. The molecule has 21 heavy (non-hydrogen) atoms. The molecule has 0 fully saturated rings. The molecule has 0 amide bonds. The summed E-state index contributed by atoms with van der Waals surface area (Å²) in [6, 6.07) is 11.2. The number of nitrogens with zero attached hydrogens (tertiary/aromatic N) is 2. The zero-order valence-corrected chi connectivity index (χ0v) is 13.5. The van der Waals surface area contributed by atoms with Crippen molar-refractivity contribution in [2.45, 2.75) is 32.4 Å². The summed E-state index contributed by atoms with van der Waals surface area (Å²) < 4.78 is 0. The fourth-order valence-corrected chi connectivity index (χ4v) is 2.01. The first-order valence-electron chi connectivity index (χ1n) is 6.63. The minimum Gasteiger partial charge on any atom is -0.387 e. The number of rotatable bonds is 3. The topological polar surface area (TPSA) is 68.9 Å². The van der Waals surface area contributed by atoms with Gasteiger partial charge in [-0.3, -0.25) is 0 Å². The van der Waals surface area contributed by atoms with Crippen molar-refractivity contribution >= 4 is 24.4 Å². The Morgan fingerprint density at radius 3 is 2.62 bits per heavy atom. The number of aliphatic hydroxyl groups is 1. The molecule has 2 N–H and O–H groups in total. The van der Waals surface area contributed by atoms with Crippen LogP contribution in [0.25, 0.3) is 10.9 Å². The summed E-state index contributed by atoms with van der Waals surface area (Å²) in [5.41, 5.74) is 1.74. The first-order valence-corrected chi connectivity index (χ1v) is 6.63. The van der Waals surface area contributed by atoms with Gasteiger partial charge in [-0.25, -0.2) is 4.98 Å². The van der Waals surface area contributed by atoms with E-state index in [9.17, 15) is 5.11 Å². The number of para-hydroxylation sites is 1. The predicted octanol–water partition coefficient (Wildman–Crippen LogP) is 2.64. The van der Waals surface area contributed by atoms with Gasteiger partial charge in [0, 0.05) is 23.0 Å². The highest BCUT2D eigenvalue weighted by molar-refractivity contribution is 7.59. The van der Waals surface area contributed by atoms with Gasteiger partial charge in [-0.2, -0.15) is 18.8 Å². The van der Waals surface area contributed by atoms with Gasteiger partial charge >= 0.3 is 0 Å². The van der Waals surface area contributed by atoms with E-state index in [1.807, 2.05) is 30.3 Å². The van der Waals surface area contributed by atoms with Crippen LogP contribution in [-0.2, 0) is 0 Å². The molecule has 0 radical (unpaired) electrons. The third kappa shape index (κ3) is 4.43. The molecule has 0 spiro atoms. The molecule has 2 aromatic rings. The summed E-state index contributed by atoms with van der Waals surface area (Å²) in [5.74, 6) is 0. The lowest BCUT2D eigenvalue weighted by atomic mass is 10.0. The summed E-state index contributed by atoms with van der Waals surface area (Å²) in [6.45, 7) is 6.60. The van der Waals surface area contributed by atoms with E-state index < -0.39 is 6.10 Å². The number of hydrogen-bond donors (Lipinski definition) is 2. The molecular formula is C16H21N3OS. The molecule has 0 saturated carbocycles. The van der Waals surface area contributed by atoms with E-state index in [1.165, 1.54) is 0 Å². The number of pyridine rings is 1. The standard InChI is InChI=1S/C16H19N3O.H2S/c1-16(2,3)18-10-14(20)13-6-4-5-11-7-8-12(9-17)19-15(11)13;/h4-8,14,18,20H,10H2,1-3H3;1H2/t14-;/m1./s1. The summed E-state index contributed by atoms with van der Waals surface area (Å²) in [7, 11) is 0. The second-order valence-corrected chi connectivity index (χ2v) is 5.87. The van der Waals surface area contributed by atoms with Gasteiger partial charge in [-0.15, -0.1) is 0 Å². The van der Waals surface area contributed by atoms with E-state index >= 15 is 0 Å². The fraction of sp³-hybridized carbons (Fsp3) is 0.375. The number of hydrogen-bond acceptors (Lipinski definition) is 4. The van der Waals surface area contributed by atoms with Gasteiger partial charge in [0.15, 0.2) is 0 Å². The Morgan fingerprint density at radius 2 is 2.00 bits per heavy atom. The first kappa shape index (κ1) is 17.4. The summed E-state index contributed by atoms with van der Waals surface area (Å²) in [4.78, 5) is 4.31. The molecule has 1 heterocycles. The van der Waals surface area contributed by atoms with Gasteiger partial charge in [0.1, 0.15) is 11.8 Å². The second-order valence-electron chi connectivity index (χ2n) is 5.87. The largest absolute Gasteiger partial charge is 0.387 e. The van der Waals surface area contributed by atoms with Crippen LogP contribution in [0.5, 0.6) is 0 Å². The first-order chi connectivity index (χ1) is 9.40. The Hall–Kier alpha value is -1.61. The molecule has 0 aliphatic carbocycles. The molecule has 1 aromatic heterocycles. The third-order valence-corrected chi connectivity index (χ3v) is 3.05. The van der Waals surface area contributed by atoms with Gasteiger partial charge in [-0.05, 0) is 32.9 Å². The van der Waals surface area contributed by atoms with E-state index in [0.717, 1.165) is 10.9 Å². The molecule has 112 valence electrons. The quantitative estimate of drug-likeness (QED) is 0.914. The lowest BCUT2D eigenvalue weighted by molar-refractivity contribution is 0.164. The van der Waals surface area contributed by atoms with Gasteiger partial charge in [0.25, 0.3) is 0 Å². The minimum absolute atomic E-state index is 0.